The lowest BCUT2D eigenvalue weighted by molar-refractivity contribution is -0.274. The number of aryl methyl sites for hydroxylation is 1. The van der Waals surface area contributed by atoms with Crippen molar-refractivity contribution >= 4 is 28.0 Å². The Balaban J connectivity index is 0.000000229. The van der Waals surface area contributed by atoms with Crippen molar-refractivity contribution in [3.63, 3.8) is 0 Å². The van der Waals surface area contributed by atoms with Crippen LogP contribution >= 0.6 is 0 Å². The molecule has 0 aliphatic rings. The van der Waals surface area contributed by atoms with E-state index >= 15 is 0 Å². The standard InChI is InChI=1S/C16H13F3N4O2.C8H7FN2/c1-9(10-3-2-4-11(7-10)25-16(17,18)19)23-15(24)12-8-22-14-13(12)20-5-6-21-14;1-11-8-4-7(9)3-2-6(8)5-10-11/h2-9H,1H3,(H,21,22)(H,23,24);2-5H,1H3/t9-;/m0./s1. The van der Waals surface area contributed by atoms with Crippen LogP contribution in [0.4, 0.5) is 17.6 Å². The first kappa shape index (κ1) is 24.6. The smallest absolute Gasteiger partial charge is 0.406 e. The van der Waals surface area contributed by atoms with Crippen LogP contribution in [0.5, 0.6) is 5.75 Å². The number of hydrogen-bond acceptors (Lipinski definition) is 5. The van der Waals surface area contributed by atoms with Gasteiger partial charge >= 0.3 is 6.36 Å². The highest BCUT2D eigenvalue weighted by Crippen LogP contribution is 2.26. The molecular weight excluding hydrogens is 480 g/mol. The molecule has 1 amide bonds. The molecule has 5 aromatic rings. The Kier molecular flexibility index (Phi) is 6.86. The summed E-state index contributed by atoms with van der Waals surface area (Å²) in [7, 11) is 1.79. The molecule has 0 bridgehead atoms. The van der Waals surface area contributed by atoms with Gasteiger partial charge in [0.25, 0.3) is 5.91 Å². The zero-order valence-electron chi connectivity index (χ0n) is 19.0. The number of nitrogens with zero attached hydrogens (tertiary/aromatic N) is 4. The van der Waals surface area contributed by atoms with Crippen molar-refractivity contribution in [2.45, 2.75) is 19.3 Å². The molecule has 12 heteroatoms. The van der Waals surface area contributed by atoms with Crippen LogP contribution in [-0.4, -0.2) is 37.0 Å². The van der Waals surface area contributed by atoms with Crippen LogP contribution in [0, 0.1) is 5.82 Å². The number of aromatic amines is 1. The lowest BCUT2D eigenvalue weighted by Crippen LogP contribution is -2.26. The van der Waals surface area contributed by atoms with E-state index in [0.717, 1.165) is 10.9 Å². The van der Waals surface area contributed by atoms with Gasteiger partial charge in [0.15, 0.2) is 5.65 Å². The lowest BCUT2D eigenvalue weighted by atomic mass is 10.1. The number of aromatic nitrogens is 5. The third kappa shape index (κ3) is 5.77. The first-order valence-electron chi connectivity index (χ1n) is 10.6. The van der Waals surface area contributed by atoms with Crippen molar-refractivity contribution in [3.8, 4) is 5.75 Å². The minimum absolute atomic E-state index is 0.221. The van der Waals surface area contributed by atoms with Gasteiger partial charge in [-0.25, -0.2) is 9.37 Å². The summed E-state index contributed by atoms with van der Waals surface area (Å²) in [4.78, 5) is 23.4. The number of nitrogens with one attached hydrogen (secondary N) is 2. The van der Waals surface area contributed by atoms with E-state index in [9.17, 15) is 22.4 Å². The maximum Gasteiger partial charge on any atom is 0.573 e. The maximum absolute atomic E-state index is 12.7. The molecule has 0 saturated heterocycles. The van der Waals surface area contributed by atoms with E-state index in [1.165, 1.54) is 48.9 Å². The van der Waals surface area contributed by atoms with Crippen molar-refractivity contribution in [1.82, 2.24) is 30.0 Å². The third-order valence-corrected chi connectivity index (χ3v) is 5.20. The fraction of sp³-hybridized carbons (Fsp3) is 0.167. The Labute approximate surface area is 201 Å². The van der Waals surface area contributed by atoms with Gasteiger partial charge < -0.3 is 15.0 Å². The molecule has 3 aromatic heterocycles. The maximum atomic E-state index is 12.7. The molecule has 0 aliphatic carbocycles. The minimum Gasteiger partial charge on any atom is -0.406 e. The zero-order valence-corrected chi connectivity index (χ0v) is 19.0. The Morgan fingerprint density at radius 3 is 2.69 bits per heavy atom. The first-order valence-corrected chi connectivity index (χ1v) is 10.6. The van der Waals surface area contributed by atoms with Crippen molar-refractivity contribution in [1.29, 1.82) is 0 Å². The van der Waals surface area contributed by atoms with E-state index in [1.807, 2.05) is 0 Å². The van der Waals surface area contributed by atoms with E-state index in [4.69, 9.17) is 0 Å². The number of alkyl halides is 3. The number of H-pyrrole nitrogens is 1. The number of rotatable bonds is 4. The van der Waals surface area contributed by atoms with Gasteiger partial charge in [-0.1, -0.05) is 12.1 Å². The molecule has 0 spiro atoms. The van der Waals surface area contributed by atoms with Crippen LogP contribution in [0.3, 0.4) is 0 Å². The Morgan fingerprint density at radius 1 is 1.14 bits per heavy atom. The second-order valence-electron chi connectivity index (χ2n) is 7.74. The van der Waals surface area contributed by atoms with Crippen LogP contribution in [0.25, 0.3) is 22.1 Å². The molecule has 0 aliphatic heterocycles. The van der Waals surface area contributed by atoms with E-state index in [2.05, 4.69) is 30.1 Å². The van der Waals surface area contributed by atoms with Crippen LogP contribution in [0.15, 0.2) is 67.3 Å². The monoisotopic (exact) mass is 500 g/mol. The van der Waals surface area contributed by atoms with Crippen LogP contribution in [-0.2, 0) is 7.05 Å². The van der Waals surface area contributed by atoms with E-state index in [0.29, 0.717) is 22.3 Å². The van der Waals surface area contributed by atoms with Crippen molar-refractivity contribution in [2.75, 3.05) is 0 Å². The largest absolute Gasteiger partial charge is 0.573 e. The van der Waals surface area contributed by atoms with Gasteiger partial charge in [-0.3, -0.25) is 14.5 Å². The predicted molar refractivity (Wildman–Crippen MR) is 124 cm³/mol. The number of ether oxygens (including phenoxy) is 1. The molecule has 1 atom stereocenters. The average molecular weight is 500 g/mol. The summed E-state index contributed by atoms with van der Waals surface area (Å²) >= 11 is 0. The van der Waals surface area contributed by atoms with Crippen molar-refractivity contribution < 1.29 is 27.1 Å². The summed E-state index contributed by atoms with van der Waals surface area (Å²) in [6, 6.07) is 9.54. The molecule has 36 heavy (non-hydrogen) atoms. The minimum atomic E-state index is -4.77. The molecule has 0 fully saturated rings. The summed E-state index contributed by atoms with van der Waals surface area (Å²) in [6.07, 6.45) is 1.39. The van der Waals surface area contributed by atoms with Crippen molar-refractivity contribution in [2.24, 2.45) is 7.05 Å². The molecule has 5 rings (SSSR count). The Bertz CT molecular complexity index is 1510. The van der Waals surface area contributed by atoms with Gasteiger partial charge in [0.2, 0.25) is 0 Å². The van der Waals surface area contributed by atoms with Gasteiger partial charge in [-0.05, 0) is 42.8 Å². The molecule has 8 nitrogen and oxygen atoms in total. The molecule has 0 unspecified atom stereocenters. The Morgan fingerprint density at radius 2 is 1.92 bits per heavy atom. The molecule has 186 valence electrons. The molecule has 2 N–H and O–H groups in total. The third-order valence-electron chi connectivity index (χ3n) is 5.20. The SMILES string of the molecule is C[C@H](NC(=O)c1c[nH]c2nccnc12)c1cccc(OC(F)(F)F)c1.Cn1ncc2ccc(F)cc21. The average Bonchev–Trinajstić information content (AvgIpc) is 3.42. The highest BCUT2D eigenvalue weighted by Gasteiger charge is 2.31. The quantitative estimate of drug-likeness (QED) is 0.336. The number of hydrogen-bond donors (Lipinski definition) is 2. The van der Waals surface area contributed by atoms with Gasteiger partial charge in [-0.15, -0.1) is 13.2 Å². The molecule has 0 radical (unpaired) electrons. The number of amides is 1. The van der Waals surface area contributed by atoms with Crippen LogP contribution in [0.2, 0.25) is 0 Å². The summed E-state index contributed by atoms with van der Waals surface area (Å²) in [6.45, 7) is 1.66. The molecule has 2 aromatic carbocycles. The second kappa shape index (κ2) is 10.0. The summed E-state index contributed by atoms with van der Waals surface area (Å²) in [5.41, 5.74) is 2.49. The van der Waals surface area contributed by atoms with E-state index in [-0.39, 0.29) is 11.6 Å². The van der Waals surface area contributed by atoms with E-state index < -0.39 is 18.3 Å². The number of benzene rings is 2. The summed E-state index contributed by atoms with van der Waals surface area (Å²) in [5.74, 6) is -0.980. The van der Waals surface area contributed by atoms with Gasteiger partial charge in [0, 0.05) is 31.0 Å². The van der Waals surface area contributed by atoms with Gasteiger partial charge in [-0.2, -0.15) is 5.10 Å². The zero-order chi connectivity index (χ0) is 25.9. The lowest BCUT2D eigenvalue weighted by Gasteiger charge is -2.16. The first-order chi connectivity index (χ1) is 17.1. The normalized spacial score (nSPS) is 12.2. The predicted octanol–water partition coefficient (Wildman–Crippen LogP) is 5.06. The Hall–Kier alpha value is -4.48. The summed E-state index contributed by atoms with van der Waals surface area (Å²) < 4.78 is 55.1. The number of carbonyl (C=O) groups excluding carboxylic acids is 1. The molecular formula is C24H20F4N6O2. The second-order valence-corrected chi connectivity index (χ2v) is 7.74. The number of fused-ring (bicyclic) bond motifs is 2. The number of carbonyl (C=O) groups is 1. The fourth-order valence-electron chi connectivity index (χ4n) is 3.48. The van der Waals surface area contributed by atoms with Crippen LogP contribution in [0.1, 0.15) is 28.9 Å². The van der Waals surface area contributed by atoms with Crippen LogP contribution < -0.4 is 10.1 Å². The van der Waals surface area contributed by atoms with Crippen molar-refractivity contribution in [3.05, 3.63) is 84.2 Å². The number of halogens is 4. The highest BCUT2D eigenvalue weighted by molar-refractivity contribution is 6.04. The molecule has 3 heterocycles. The summed E-state index contributed by atoms with van der Waals surface area (Å²) in [5, 5.41) is 7.67. The molecule has 0 saturated carbocycles. The van der Waals surface area contributed by atoms with Gasteiger partial charge in [0.1, 0.15) is 17.1 Å². The fourth-order valence-corrected chi connectivity index (χ4v) is 3.48. The van der Waals surface area contributed by atoms with Gasteiger partial charge in [0.05, 0.1) is 23.3 Å². The highest BCUT2D eigenvalue weighted by atomic mass is 19.4. The van der Waals surface area contributed by atoms with E-state index in [1.54, 1.807) is 37.0 Å². The topological polar surface area (TPSA) is 97.7 Å².